The molecule has 1 aliphatic carbocycles. The highest BCUT2D eigenvalue weighted by molar-refractivity contribution is 6.03. The first-order chi connectivity index (χ1) is 13.6. The lowest BCUT2D eigenvalue weighted by molar-refractivity contribution is -0.133. The van der Waals surface area contributed by atoms with Gasteiger partial charge in [0.2, 0.25) is 5.91 Å². The molecule has 4 rings (SSSR count). The van der Waals surface area contributed by atoms with Gasteiger partial charge in [-0.25, -0.2) is 0 Å². The Labute approximate surface area is 165 Å². The van der Waals surface area contributed by atoms with E-state index in [1.807, 2.05) is 48.3 Å². The first-order valence-corrected chi connectivity index (χ1v) is 10.1. The molecule has 0 N–H and O–H groups in total. The molecule has 28 heavy (non-hydrogen) atoms. The van der Waals surface area contributed by atoms with E-state index < -0.39 is 5.92 Å². The van der Waals surface area contributed by atoms with Crippen LogP contribution in [0.2, 0.25) is 0 Å². The number of rotatable bonds is 4. The molecular formula is C23H26N2O3. The Kier molecular flexibility index (Phi) is 5.42. The SMILES string of the molecule is CN(C(=O)CC1COc2ccc(-c3ccccn3)cc2C1=O)C1CCCCC1. The highest BCUT2D eigenvalue weighted by atomic mass is 16.5. The van der Waals surface area contributed by atoms with Gasteiger partial charge in [-0.2, -0.15) is 0 Å². The summed E-state index contributed by atoms with van der Waals surface area (Å²) in [6.45, 7) is 0.263. The predicted molar refractivity (Wildman–Crippen MR) is 107 cm³/mol. The van der Waals surface area contributed by atoms with E-state index in [0.29, 0.717) is 17.4 Å². The Bertz CT molecular complexity index is 859. The van der Waals surface area contributed by atoms with Crippen LogP contribution in [0.25, 0.3) is 11.3 Å². The molecule has 1 amide bonds. The molecule has 1 aromatic carbocycles. The maximum absolute atomic E-state index is 13.1. The third-order valence-electron chi connectivity index (χ3n) is 5.95. The van der Waals surface area contributed by atoms with Gasteiger partial charge in [0, 0.05) is 31.3 Å². The summed E-state index contributed by atoms with van der Waals surface area (Å²) >= 11 is 0. The Morgan fingerprint density at radius 1 is 1.18 bits per heavy atom. The van der Waals surface area contributed by atoms with E-state index in [-0.39, 0.29) is 24.7 Å². The summed E-state index contributed by atoms with van der Waals surface area (Å²) in [5.41, 5.74) is 2.24. The monoisotopic (exact) mass is 378 g/mol. The summed E-state index contributed by atoms with van der Waals surface area (Å²) < 4.78 is 5.81. The standard InChI is InChI=1S/C23H26N2O3/c1-25(18-7-3-2-4-8-18)22(26)14-17-15-28-21-11-10-16(13-19(21)23(17)27)20-9-5-6-12-24-20/h5-6,9-13,17-18H,2-4,7-8,14-15H2,1H3. The highest BCUT2D eigenvalue weighted by Crippen LogP contribution is 2.33. The van der Waals surface area contributed by atoms with Gasteiger partial charge in [-0.15, -0.1) is 0 Å². The average Bonchev–Trinajstić information content (AvgIpc) is 2.76. The second kappa shape index (κ2) is 8.13. The van der Waals surface area contributed by atoms with Crippen LogP contribution in [0.15, 0.2) is 42.6 Å². The molecule has 2 heterocycles. The number of ketones is 1. The summed E-state index contributed by atoms with van der Waals surface area (Å²) in [7, 11) is 1.87. The maximum atomic E-state index is 13.1. The van der Waals surface area contributed by atoms with Crippen molar-refractivity contribution < 1.29 is 14.3 Å². The van der Waals surface area contributed by atoms with Crippen molar-refractivity contribution in [2.24, 2.45) is 5.92 Å². The fourth-order valence-electron chi connectivity index (χ4n) is 4.21. The Balaban J connectivity index is 1.48. The van der Waals surface area contributed by atoms with Gasteiger partial charge >= 0.3 is 0 Å². The molecule has 0 saturated heterocycles. The zero-order valence-corrected chi connectivity index (χ0v) is 16.3. The number of carbonyl (C=O) groups is 2. The minimum atomic E-state index is -0.426. The maximum Gasteiger partial charge on any atom is 0.223 e. The second-order valence-electron chi connectivity index (χ2n) is 7.80. The summed E-state index contributed by atoms with van der Waals surface area (Å²) in [6.07, 6.45) is 7.67. The summed E-state index contributed by atoms with van der Waals surface area (Å²) in [6, 6.07) is 11.6. The van der Waals surface area contributed by atoms with Gasteiger partial charge in [-0.05, 0) is 43.2 Å². The van der Waals surface area contributed by atoms with Gasteiger partial charge in [0.1, 0.15) is 5.75 Å². The number of hydrogen-bond donors (Lipinski definition) is 0. The van der Waals surface area contributed by atoms with E-state index >= 15 is 0 Å². The normalized spacial score (nSPS) is 19.6. The zero-order valence-electron chi connectivity index (χ0n) is 16.3. The van der Waals surface area contributed by atoms with Crippen LogP contribution in [-0.2, 0) is 4.79 Å². The highest BCUT2D eigenvalue weighted by Gasteiger charge is 2.33. The van der Waals surface area contributed by atoms with Gasteiger partial charge < -0.3 is 9.64 Å². The fourth-order valence-corrected chi connectivity index (χ4v) is 4.21. The third kappa shape index (κ3) is 3.79. The lowest BCUT2D eigenvalue weighted by Gasteiger charge is -2.32. The van der Waals surface area contributed by atoms with Crippen molar-refractivity contribution >= 4 is 11.7 Å². The van der Waals surface area contributed by atoms with Crippen molar-refractivity contribution in [1.82, 2.24) is 9.88 Å². The Morgan fingerprint density at radius 2 is 2.00 bits per heavy atom. The Hall–Kier alpha value is -2.69. The number of aromatic nitrogens is 1. The molecule has 0 radical (unpaired) electrons. The van der Waals surface area contributed by atoms with Gasteiger partial charge in [0.05, 0.1) is 23.8 Å². The lowest BCUT2D eigenvalue weighted by atomic mass is 9.89. The fraction of sp³-hybridized carbons (Fsp3) is 0.435. The summed E-state index contributed by atoms with van der Waals surface area (Å²) in [5.74, 6) is 0.196. The van der Waals surface area contributed by atoms with E-state index in [4.69, 9.17) is 4.74 Å². The average molecular weight is 378 g/mol. The van der Waals surface area contributed by atoms with Crippen molar-refractivity contribution in [2.75, 3.05) is 13.7 Å². The van der Waals surface area contributed by atoms with Gasteiger partial charge in [0.25, 0.3) is 0 Å². The number of amides is 1. The van der Waals surface area contributed by atoms with Crippen molar-refractivity contribution in [2.45, 2.75) is 44.6 Å². The van der Waals surface area contributed by atoms with E-state index in [2.05, 4.69) is 4.98 Å². The zero-order chi connectivity index (χ0) is 19.5. The number of carbonyl (C=O) groups excluding carboxylic acids is 2. The van der Waals surface area contributed by atoms with E-state index in [9.17, 15) is 9.59 Å². The molecule has 1 atom stereocenters. The molecule has 2 aromatic rings. The van der Waals surface area contributed by atoms with Crippen LogP contribution in [0.3, 0.4) is 0 Å². The molecule has 1 fully saturated rings. The molecule has 1 unspecified atom stereocenters. The summed E-state index contributed by atoms with van der Waals surface area (Å²) in [5, 5.41) is 0. The van der Waals surface area contributed by atoms with Crippen LogP contribution >= 0.6 is 0 Å². The van der Waals surface area contributed by atoms with Gasteiger partial charge in [-0.3, -0.25) is 14.6 Å². The topological polar surface area (TPSA) is 59.5 Å². The van der Waals surface area contributed by atoms with Crippen molar-refractivity contribution in [3.05, 3.63) is 48.2 Å². The predicted octanol–water partition coefficient (Wildman–Crippen LogP) is 4.12. The molecule has 0 bridgehead atoms. The molecular weight excluding hydrogens is 352 g/mol. The minimum absolute atomic E-state index is 0.00979. The molecule has 2 aliphatic rings. The van der Waals surface area contributed by atoms with Crippen LogP contribution in [-0.4, -0.2) is 41.3 Å². The number of nitrogens with zero attached hydrogens (tertiary/aromatic N) is 2. The van der Waals surface area contributed by atoms with Crippen molar-refractivity contribution in [3.63, 3.8) is 0 Å². The molecule has 5 nitrogen and oxygen atoms in total. The van der Waals surface area contributed by atoms with Crippen LogP contribution in [0.1, 0.15) is 48.9 Å². The number of ether oxygens (including phenoxy) is 1. The van der Waals surface area contributed by atoms with Crippen molar-refractivity contribution in [1.29, 1.82) is 0 Å². The first-order valence-electron chi connectivity index (χ1n) is 10.1. The number of fused-ring (bicyclic) bond motifs is 1. The molecule has 0 spiro atoms. The Morgan fingerprint density at radius 3 is 2.75 bits per heavy atom. The van der Waals surface area contributed by atoms with Crippen LogP contribution < -0.4 is 4.74 Å². The molecule has 1 aromatic heterocycles. The molecule has 1 saturated carbocycles. The van der Waals surface area contributed by atoms with E-state index in [0.717, 1.165) is 24.1 Å². The van der Waals surface area contributed by atoms with Gasteiger partial charge in [0.15, 0.2) is 5.78 Å². The second-order valence-corrected chi connectivity index (χ2v) is 7.80. The smallest absolute Gasteiger partial charge is 0.223 e. The largest absolute Gasteiger partial charge is 0.492 e. The molecule has 1 aliphatic heterocycles. The van der Waals surface area contributed by atoms with E-state index in [1.165, 1.54) is 19.3 Å². The first kappa shape index (κ1) is 18.7. The molecule has 146 valence electrons. The van der Waals surface area contributed by atoms with Crippen LogP contribution in [0, 0.1) is 5.92 Å². The van der Waals surface area contributed by atoms with E-state index in [1.54, 1.807) is 6.20 Å². The number of benzene rings is 1. The van der Waals surface area contributed by atoms with Crippen LogP contribution in [0.5, 0.6) is 5.75 Å². The van der Waals surface area contributed by atoms with Crippen molar-refractivity contribution in [3.8, 4) is 17.0 Å². The number of pyridine rings is 1. The number of Topliss-reactive ketones (excluding diaryl/α,β-unsaturated/α-hetero) is 1. The quantitative estimate of drug-likeness (QED) is 0.803. The summed E-state index contributed by atoms with van der Waals surface area (Å²) in [4.78, 5) is 32.0. The lowest BCUT2D eigenvalue weighted by Crippen LogP contribution is -2.41. The van der Waals surface area contributed by atoms with Gasteiger partial charge in [-0.1, -0.05) is 25.3 Å². The third-order valence-corrected chi connectivity index (χ3v) is 5.95. The number of hydrogen-bond acceptors (Lipinski definition) is 4. The minimum Gasteiger partial charge on any atom is -0.492 e. The van der Waals surface area contributed by atoms with Crippen LogP contribution in [0.4, 0.5) is 0 Å². The molecule has 5 heteroatoms.